The Morgan fingerprint density at radius 1 is 1.48 bits per heavy atom. The summed E-state index contributed by atoms with van der Waals surface area (Å²) in [4.78, 5) is 22.0. The molecule has 134 valence electrons. The molecule has 1 fully saturated rings. The van der Waals surface area contributed by atoms with Crippen molar-refractivity contribution in [1.29, 1.82) is 0 Å². The fourth-order valence-electron chi connectivity index (χ4n) is 3.33. The number of nitrogens with zero attached hydrogens (tertiary/aromatic N) is 2. The van der Waals surface area contributed by atoms with Gasteiger partial charge in [0.25, 0.3) is 0 Å². The van der Waals surface area contributed by atoms with Crippen molar-refractivity contribution in [1.82, 2.24) is 14.9 Å². The number of halogens is 1. The summed E-state index contributed by atoms with van der Waals surface area (Å²) in [5.74, 6) is 0.290. The summed E-state index contributed by atoms with van der Waals surface area (Å²) >= 11 is 0. The fraction of sp³-hybridized carbons (Fsp3) is 0.474. The summed E-state index contributed by atoms with van der Waals surface area (Å²) in [6, 6.07) is 6.32. The molecule has 0 saturated carbocycles. The number of likely N-dealkylation sites (tertiary alicyclic amines) is 1. The van der Waals surface area contributed by atoms with Gasteiger partial charge in [-0.05, 0) is 44.9 Å². The molecule has 0 amide bonds. The number of ether oxygens (including phenoxy) is 1. The molecule has 1 aliphatic rings. The van der Waals surface area contributed by atoms with Crippen molar-refractivity contribution in [2.24, 2.45) is 0 Å². The highest BCUT2D eigenvalue weighted by Crippen LogP contribution is 2.33. The van der Waals surface area contributed by atoms with Gasteiger partial charge in [0.05, 0.1) is 24.5 Å². The fourth-order valence-corrected chi connectivity index (χ4v) is 3.33. The molecule has 0 spiro atoms. The Kier molecular flexibility index (Phi) is 5.48. The number of hydrogen-bond donors (Lipinski definition) is 1. The van der Waals surface area contributed by atoms with E-state index in [1.807, 2.05) is 13.8 Å². The first kappa shape index (κ1) is 17.6. The molecule has 3 rings (SSSR count). The molecule has 2 aromatic rings. The Morgan fingerprint density at radius 3 is 3.04 bits per heavy atom. The normalized spacial score (nSPS) is 19.1. The number of esters is 1. The zero-order valence-electron chi connectivity index (χ0n) is 14.7. The number of nitrogens with one attached hydrogen (secondary N) is 1. The number of carbonyl (C=O) groups excluding carboxylic acids is 1. The van der Waals surface area contributed by atoms with Crippen molar-refractivity contribution in [2.75, 3.05) is 13.2 Å². The molecule has 2 heterocycles. The second-order valence-corrected chi connectivity index (χ2v) is 6.40. The number of aromatic amines is 1. The van der Waals surface area contributed by atoms with Crippen LogP contribution in [0.2, 0.25) is 0 Å². The Bertz CT molecular complexity index is 731. The number of hydrogen-bond acceptors (Lipinski definition) is 4. The molecular weight excluding hydrogens is 321 g/mol. The Hall–Kier alpha value is -2.21. The minimum Gasteiger partial charge on any atom is -0.465 e. The van der Waals surface area contributed by atoms with Gasteiger partial charge in [-0.15, -0.1) is 0 Å². The lowest BCUT2D eigenvalue weighted by Gasteiger charge is -2.28. The van der Waals surface area contributed by atoms with Gasteiger partial charge in [-0.1, -0.05) is 19.1 Å². The first-order valence-electron chi connectivity index (χ1n) is 8.84. The monoisotopic (exact) mass is 345 g/mol. The number of aromatic nitrogens is 2. The van der Waals surface area contributed by atoms with Gasteiger partial charge < -0.3 is 9.72 Å². The average molecular weight is 345 g/mol. The summed E-state index contributed by atoms with van der Waals surface area (Å²) in [7, 11) is 0. The number of rotatable bonds is 6. The van der Waals surface area contributed by atoms with E-state index in [9.17, 15) is 9.18 Å². The van der Waals surface area contributed by atoms with Crippen molar-refractivity contribution in [2.45, 2.75) is 45.2 Å². The van der Waals surface area contributed by atoms with Crippen LogP contribution in [0, 0.1) is 5.82 Å². The molecule has 0 aliphatic carbocycles. The zero-order valence-corrected chi connectivity index (χ0v) is 14.7. The first-order valence-corrected chi connectivity index (χ1v) is 8.84. The molecule has 0 radical (unpaired) electrons. The first-order chi connectivity index (χ1) is 12.1. The van der Waals surface area contributed by atoms with E-state index in [0.29, 0.717) is 17.9 Å². The standard InChI is InChI=1S/C19H24FN3O2/c1-3-11-25-19(24)13(2)23-10-6-9-17(23)18-21-12-16(22-18)14-7-4-5-8-15(14)20/h4-5,7-8,12-13,17H,3,6,9-11H2,1-2H3,(H,21,22). The number of benzene rings is 1. The van der Waals surface area contributed by atoms with Crippen LogP contribution in [0.1, 0.15) is 45.0 Å². The van der Waals surface area contributed by atoms with Gasteiger partial charge in [0.1, 0.15) is 17.7 Å². The predicted octanol–water partition coefficient (Wildman–Crippen LogP) is 3.69. The summed E-state index contributed by atoms with van der Waals surface area (Å²) in [6.45, 7) is 5.11. The average Bonchev–Trinajstić information content (AvgIpc) is 3.28. The van der Waals surface area contributed by atoms with Gasteiger partial charge in [0, 0.05) is 5.56 Å². The predicted molar refractivity (Wildman–Crippen MR) is 93.4 cm³/mol. The molecule has 0 bridgehead atoms. The maximum absolute atomic E-state index is 14.0. The smallest absolute Gasteiger partial charge is 0.323 e. The molecule has 6 heteroatoms. The summed E-state index contributed by atoms with van der Waals surface area (Å²) in [6.07, 6.45) is 4.37. The summed E-state index contributed by atoms with van der Waals surface area (Å²) < 4.78 is 19.3. The topological polar surface area (TPSA) is 58.2 Å². The third kappa shape index (κ3) is 3.74. The van der Waals surface area contributed by atoms with Gasteiger partial charge in [0.2, 0.25) is 0 Å². The minimum atomic E-state index is -0.318. The van der Waals surface area contributed by atoms with Gasteiger partial charge in [0.15, 0.2) is 0 Å². The third-order valence-corrected chi connectivity index (χ3v) is 4.66. The van der Waals surface area contributed by atoms with E-state index in [1.54, 1.807) is 24.4 Å². The lowest BCUT2D eigenvalue weighted by molar-refractivity contribution is -0.149. The van der Waals surface area contributed by atoms with Crippen LogP contribution in [-0.4, -0.2) is 40.0 Å². The molecule has 1 aromatic heterocycles. The van der Waals surface area contributed by atoms with Crippen molar-refractivity contribution in [3.05, 3.63) is 42.1 Å². The second kappa shape index (κ2) is 7.78. The van der Waals surface area contributed by atoms with Gasteiger partial charge in [-0.3, -0.25) is 9.69 Å². The van der Waals surface area contributed by atoms with Crippen LogP contribution in [0.3, 0.4) is 0 Å². The Labute approximate surface area is 147 Å². The quantitative estimate of drug-likeness (QED) is 0.811. The van der Waals surface area contributed by atoms with Crippen molar-refractivity contribution < 1.29 is 13.9 Å². The molecule has 25 heavy (non-hydrogen) atoms. The highest BCUT2D eigenvalue weighted by molar-refractivity contribution is 5.75. The highest BCUT2D eigenvalue weighted by atomic mass is 19.1. The van der Waals surface area contributed by atoms with Crippen molar-refractivity contribution in [3.8, 4) is 11.3 Å². The van der Waals surface area contributed by atoms with E-state index in [4.69, 9.17) is 4.74 Å². The lowest BCUT2D eigenvalue weighted by atomic mass is 10.1. The SMILES string of the molecule is CCCOC(=O)C(C)N1CCCC1c1ncc(-c2ccccc2F)[nH]1. The molecule has 1 N–H and O–H groups in total. The highest BCUT2D eigenvalue weighted by Gasteiger charge is 2.35. The summed E-state index contributed by atoms with van der Waals surface area (Å²) in [5, 5.41) is 0. The molecule has 5 nitrogen and oxygen atoms in total. The molecule has 1 aliphatic heterocycles. The van der Waals surface area contributed by atoms with Gasteiger partial charge in [-0.2, -0.15) is 0 Å². The molecular formula is C19H24FN3O2. The van der Waals surface area contributed by atoms with Crippen molar-refractivity contribution >= 4 is 5.97 Å². The molecule has 2 unspecified atom stereocenters. The second-order valence-electron chi connectivity index (χ2n) is 6.40. The Morgan fingerprint density at radius 2 is 2.28 bits per heavy atom. The van der Waals surface area contributed by atoms with Gasteiger partial charge in [-0.25, -0.2) is 9.37 Å². The molecule has 2 atom stereocenters. The number of H-pyrrole nitrogens is 1. The minimum absolute atomic E-state index is 0.0182. The van der Waals surface area contributed by atoms with E-state index < -0.39 is 0 Å². The van der Waals surface area contributed by atoms with Crippen LogP contribution >= 0.6 is 0 Å². The Balaban J connectivity index is 1.77. The lowest BCUT2D eigenvalue weighted by Crippen LogP contribution is -2.40. The third-order valence-electron chi connectivity index (χ3n) is 4.66. The van der Waals surface area contributed by atoms with Crippen molar-refractivity contribution in [3.63, 3.8) is 0 Å². The van der Waals surface area contributed by atoms with E-state index in [1.165, 1.54) is 6.07 Å². The van der Waals surface area contributed by atoms with E-state index in [2.05, 4.69) is 14.9 Å². The maximum Gasteiger partial charge on any atom is 0.323 e. The largest absolute Gasteiger partial charge is 0.465 e. The number of imidazole rings is 1. The van der Waals surface area contributed by atoms with Crippen LogP contribution < -0.4 is 0 Å². The number of carbonyl (C=O) groups is 1. The zero-order chi connectivity index (χ0) is 17.8. The van der Waals surface area contributed by atoms with Crippen LogP contribution in [0.5, 0.6) is 0 Å². The maximum atomic E-state index is 14.0. The van der Waals surface area contributed by atoms with Crippen LogP contribution in [0.25, 0.3) is 11.3 Å². The summed E-state index contributed by atoms with van der Waals surface area (Å²) in [5.41, 5.74) is 1.15. The van der Waals surface area contributed by atoms with E-state index >= 15 is 0 Å². The van der Waals surface area contributed by atoms with E-state index in [0.717, 1.165) is 31.6 Å². The van der Waals surface area contributed by atoms with E-state index in [-0.39, 0.29) is 23.9 Å². The molecule has 1 aromatic carbocycles. The molecule has 1 saturated heterocycles. The van der Waals surface area contributed by atoms with Crippen LogP contribution in [0.4, 0.5) is 4.39 Å². The van der Waals surface area contributed by atoms with Crippen LogP contribution in [0.15, 0.2) is 30.5 Å². The van der Waals surface area contributed by atoms with Crippen LogP contribution in [-0.2, 0) is 9.53 Å². The van der Waals surface area contributed by atoms with Gasteiger partial charge >= 0.3 is 5.97 Å².